The van der Waals surface area contributed by atoms with E-state index in [1.165, 1.54) is 16.1 Å². The van der Waals surface area contributed by atoms with Crippen molar-refractivity contribution in [2.24, 2.45) is 0 Å². The Balaban J connectivity index is 1.69. The van der Waals surface area contributed by atoms with Gasteiger partial charge in [0.15, 0.2) is 0 Å². The minimum absolute atomic E-state index is 0.0412. The molecule has 0 unspecified atom stereocenters. The molecule has 1 aliphatic heterocycles. The molecule has 0 saturated heterocycles. The lowest BCUT2D eigenvalue weighted by Crippen LogP contribution is -2.38. The Hall–Kier alpha value is -2.25. The van der Waals surface area contributed by atoms with Gasteiger partial charge in [0.05, 0.1) is 6.26 Å². The molecule has 0 fully saturated rings. The highest BCUT2D eigenvalue weighted by atomic mass is 32.2. The number of anilines is 1. The van der Waals surface area contributed by atoms with Crippen LogP contribution in [0.5, 0.6) is 0 Å². The maximum atomic E-state index is 12.7. The molecule has 3 rings (SSSR count). The number of benzene rings is 1. The molecule has 138 valence electrons. The van der Waals surface area contributed by atoms with E-state index in [0.717, 1.165) is 24.1 Å². The Morgan fingerprint density at radius 2 is 1.92 bits per heavy atom. The van der Waals surface area contributed by atoms with Crippen LogP contribution in [0.1, 0.15) is 24.0 Å². The molecule has 2 heterocycles. The number of para-hydroxylation sites is 1. The first-order valence-corrected chi connectivity index (χ1v) is 10.5. The number of nitrogens with zero attached hydrogens (tertiary/aromatic N) is 3. The van der Waals surface area contributed by atoms with E-state index >= 15 is 0 Å². The topological polar surface area (TPSA) is 70.6 Å². The minimum atomic E-state index is -3.41. The number of rotatable bonds is 6. The van der Waals surface area contributed by atoms with Gasteiger partial charge in [0, 0.05) is 44.1 Å². The maximum absolute atomic E-state index is 12.7. The number of carbonyl (C=O) groups excluding carboxylic acids is 1. The summed E-state index contributed by atoms with van der Waals surface area (Å²) in [6, 6.07) is 11.5. The number of pyridine rings is 1. The fourth-order valence-corrected chi connectivity index (χ4v) is 4.01. The van der Waals surface area contributed by atoms with Crippen molar-refractivity contribution >= 4 is 21.6 Å². The average molecular weight is 373 g/mol. The molecule has 0 radical (unpaired) electrons. The summed E-state index contributed by atoms with van der Waals surface area (Å²) in [5.74, 6) is -0.0412. The van der Waals surface area contributed by atoms with Crippen molar-refractivity contribution in [3.05, 3.63) is 59.9 Å². The molecular weight excluding hydrogens is 350 g/mol. The highest BCUT2D eigenvalue weighted by Crippen LogP contribution is 2.27. The SMILES string of the molecule is CS(=O)(=O)N(CCC(=O)N1CCCc2ccccc21)Cc1ccncc1. The number of amides is 1. The second-order valence-corrected chi connectivity index (χ2v) is 8.46. The Bertz CT molecular complexity index is 869. The third kappa shape index (κ3) is 4.47. The van der Waals surface area contributed by atoms with E-state index < -0.39 is 10.0 Å². The fraction of sp³-hybridized carbons (Fsp3) is 0.368. The van der Waals surface area contributed by atoms with Crippen molar-refractivity contribution in [2.75, 3.05) is 24.2 Å². The van der Waals surface area contributed by atoms with E-state index in [1.54, 1.807) is 29.4 Å². The van der Waals surface area contributed by atoms with Gasteiger partial charge in [0.2, 0.25) is 15.9 Å². The van der Waals surface area contributed by atoms with Gasteiger partial charge in [0.1, 0.15) is 0 Å². The summed E-state index contributed by atoms with van der Waals surface area (Å²) >= 11 is 0. The zero-order valence-corrected chi connectivity index (χ0v) is 15.7. The van der Waals surface area contributed by atoms with Crippen molar-refractivity contribution in [2.45, 2.75) is 25.8 Å². The van der Waals surface area contributed by atoms with E-state index in [0.29, 0.717) is 6.54 Å². The maximum Gasteiger partial charge on any atom is 0.228 e. The van der Waals surface area contributed by atoms with Gasteiger partial charge < -0.3 is 4.90 Å². The van der Waals surface area contributed by atoms with Gasteiger partial charge in [-0.05, 0) is 42.2 Å². The van der Waals surface area contributed by atoms with Crippen LogP contribution in [-0.4, -0.2) is 43.0 Å². The highest BCUT2D eigenvalue weighted by molar-refractivity contribution is 7.88. The van der Waals surface area contributed by atoms with Gasteiger partial charge in [-0.3, -0.25) is 9.78 Å². The van der Waals surface area contributed by atoms with Gasteiger partial charge in [0.25, 0.3) is 0 Å². The molecule has 0 bridgehead atoms. The molecule has 7 heteroatoms. The third-order valence-electron chi connectivity index (χ3n) is 4.56. The lowest BCUT2D eigenvalue weighted by atomic mass is 10.0. The molecule has 0 N–H and O–H groups in total. The predicted molar refractivity (Wildman–Crippen MR) is 101 cm³/mol. The van der Waals surface area contributed by atoms with E-state index in [9.17, 15) is 13.2 Å². The zero-order chi connectivity index (χ0) is 18.6. The average Bonchev–Trinajstić information content (AvgIpc) is 2.64. The van der Waals surface area contributed by atoms with Crippen LogP contribution >= 0.6 is 0 Å². The molecule has 2 aromatic rings. The van der Waals surface area contributed by atoms with Crippen LogP contribution < -0.4 is 4.90 Å². The van der Waals surface area contributed by atoms with Crippen molar-refractivity contribution in [3.8, 4) is 0 Å². The quantitative estimate of drug-likeness (QED) is 0.778. The van der Waals surface area contributed by atoms with Crippen LogP contribution in [0.15, 0.2) is 48.8 Å². The smallest absolute Gasteiger partial charge is 0.228 e. The molecule has 0 spiro atoms. The number of aryl methyl sites for hydroxylation is 1. The molecule has 6 nitrogen and oxygen atoms in total. The van der Waals surface area contributed by atoms with Crippen molar-refractivity contribution in [1.29, 1.82) is 0 Å². The van der Waals surface area contributed by atoms with Crippen molar-refractivity contribution < 1.29 is 13.2 Å². The van der Waals surface area contributed by atoms with E-state index in [2.05, 4.69) is 4.98 Å². The van der Waals surface area contributed by atoms with Crippen LogP contribution in [0, 0.1) is 0 Å². The summed E-state index contributed by atoms with van der Waals surface area (Å²) in [7, 11) is -3.41. The molecule has 26 heavy (non-hydrogen) atoms. The minimum Gasteiger partial charge on any atom is -0.312 e. The summed E-state index contributed by atoms with van der Waals surface area (Å²) < 4.78 is 25.6. The molecule has 0 saturated carbocycles. The number of sulfonamides is 1. The molecule has 0 aliphatic carbocycles. The van der Waals surface area contributed by atoms with Crippen molar-refractivity contribution in [1.82, 2.24) is 9.29 Å². The summed E-state index contributed by atoms with van der Waals surface area (Å²) in [5, 5.41) is 0. The van der Waals surface area contributed by atoms with Gasteiger partial charge in [-0.15, -0.1) is 0 Å². The van der Waals surface area contributed by atoms with Crippen LogP contribution in [0.2, 0.25) is 0 Å². The molecule has 1 amide bonds. The second kappa shape index (κ2) is 7.97. The lowest BCUT2D eigenvalue weighted by Gasteiger charge is -2.30. The van der Waals surface area contributed by atoms with Gasteiger partial charge >= 0.3 is 0 Å². The zero-order valence-electron chi connectivity index (χ0n) is 14.8. The Morgan fingerprint density at radius 3 is 2.65 bits per heavy atom. The van der Waals surface area contributed by atoms with Gasteiger partial charge in [-0.1, -0.05) is 18.2 Å². The normalized spacial score (nSPS) is 14.3. The van der Waals surface area contributed by atoms with Gasteiger partial charge in [-0.2, -0.15) is 4.31 Å². The van der Waals surface area contributed by atoms with Crippen molar-refractivity contribution in [3.63, 3.8) is 0 Å². The first-order valence-electron chi connectivity index (χ1n) is 8.67. The Morgan fingerprint density at radius 1 is 1.19 bits per heavy atom. The van der Waals surface area contributed by atoms with Crippen LogP contribution in [0.3, 0.4) is 0 Å². The molecule has 1 aromatic carbocycles. The number of hydrogen-bond acceptors (Lipinski definition) is 4. The summed E-state index contributed by atoms with van der Waals surface area (Å²) in [6.07, 6.45) is 6.49. The first kappa shape index (κ1) is 18.5. The lowest BCUT2D eigenvalue weighted by molar-refractivity contribution is -0.118. The predicted octanol–water partition coefficient (Wildman–Crippen LogP) is 2.21. The second-order valence-electron chi connectivity index (χ2n) is 6.48. The highest BCUT2D eigenvalue weighted by Gasteiger charge is 2.24. The molecule has 1 aromatic heterocycles. The van der Waals surface area contributed by atoms with Crippen LogP contribution in [0.25, 0.3) is 0 Å². The summed E-state index contributed by atoms with van der Waals surface area (Å²) in [5.41, 5.74) is 2.97. The molecule has 1 aliphatic rings. The van der Waals surface area contributed by atoms with Crippen LogP contribution in [0.4, 0.5) is 5.69 Å². The number of hydrogen-bond donors (Lipinski definition) is 0. The number of carbonyl (C=O) groups is 1. The number of fused-ring (bicyclic) bond motifs is 1. The molecular formula is C19H23N3O3S. The molecule has 0 atom stereocenters. The first-order chi connectivity index (χ1) is 12.4. The largest absolute Gasteiger partial charge is 0.312 e. The van der Waals surface area contributed by atoms with E-state index in [-0.39, 0.29) is 25.4 Å². The van der Waals surface area contributed by atoms with Crippen LogP contribution in [-0.2, 0) is 27.8 Å². The van der Waals surface area contributed by atoms with E-state index in [1.807, 2.05) is 24.3 Å². The number of aromatic nitrogens is 1. The van der Waals surface area contributed by atoms with E-state index in [4.69, 9.17) is 0 Å². The fourth-order valence-electron chi connectivity index (χ4n) is 3.20. The third-order valence-corrected chi connectivity index (χ3v) is 5.81. The summed E-state index contributed by atoms with van der Waals surface area (Å²) in [6.45, 7) is 1.09. The summed E-state index contributed by atoms with van der Waals surface area (Å²) in [4.78, 5) is 18.5. The monoisotopic (exact) mass is 373 g/mol. The standard InChI is InChI=1S/C19H23N3O3S/c1-26(24,25)21(15-16-8-11-20-12-9-16)14-10-19(23)22-13-4-6-17-5-2-3-7-18(17)22/h2-3,5,7-9,11-12H,4,6,10,13-15H2,1H3. The Kier molecular flexibility index (Phi) is 5.68. The Labute approximate surface area is 154 Å². The van der Waals surface area contributed by atoms with Gasteiger partial charge in [-0.25, -0.2) is 8.42 Å².